The van der Waals surface area contributed by atoms with E-state index in [0.717, 1.165) is 43.6 Å². The predicted octanol–water partition coefficient (Wildman–Crippen LogP) is 5.97. The molecule has 0 spiro atoms. The first kappa shape index (κ1) is 23.0. The van der Waals surface area contributed by atoms with Crippen LogP contribution in [0.15, 0.2) is 78.9 Å². The van der Waals surface area contributed by atoms with Gasteiger partial charge in [0.2, 0.25) is 0 Å². The highest BCUT2D eigenvalue weighted by atomic mass is 19.1. The van der Waals surface area contributed by atoms with Crippen molar-refractivity contribution in [1.29, 1.82) is 0 Å². The molecule has 1 fully saturated rings. The van der Waals surface area contributed by atoms with Crippen LogP contribution < -0.4 is 0 Å². The maximum absolute atomic E-state index is 13.2. The van der Waals surface area contributed by atoms with Crippen LogP contribution in [-0.4, -0.2) is 36.1 Å². The molecule has 0 saturated carbocycles. The Morgan fingerprint density at radius 3 is 2.27 bits per heavy atom. The molecule has 4 rings (SSSR count). The van der Waals surface area contributed by atoms with Crippen LogP contribution in [0.5, 0.6) is 0 Å². The van der Waals surface area contributed by atoms with Gasteiger partial charge in [-0.2, -0.15) is 0 Å². The quantitative estimate of drug-likeness (QED) is 0.448. The fourth-order valence-electron chi connectivity index (χ4n) is 4.65. The van der Waals surface area contributed by atoms with Gasteiger partial charge in [-0.05, 0) is 66.2 Å². The van der Waals surface area contributed by atoms with Gasteiger partial charge in [-0.1, -0.05) is 66.7 Å². The third-order valence-corrected chi connectivity index (χ3v) is 6.41. The van der Waals surface area contributed by atoms with E-state index in [4.69, 9.17) is 4.74 Å². The van der Waals surface area contributed by atoms with E-state index in [9.17, 15) is 9.18 Å². The topological polar surface area (TPSA) is 32.8 Å². The zero-order valence-electron chi connectivity index (χ0n) is 19.1. The lowest BCUT2D eigenvalue weighted by Gasteiger charge is -2.33. The van der Waals surface area contributed by atoms with Gasteiger partial charge < -0.3 is 4.74 Å². The molecule has 3 aromatic rings. The van der Waals surface area contributed by atoms with E-state index in [2.05, 4.69) is 23.1 Å². The Morgan fingerprint density at radius 2 is 1.58 bits per heavy atom. The number of ether oxygens (including phenoxy) is 1. The van der Waals surface area contributed by atoms with Gasteiger partial charge in [-0.15, -0.1) is 0 Å². The van der Waals surface area contributed by atoms with E-state index in [0.29, 0.717) is 19.0 Å². The molecule has 172 valence electrons. The van der Waals surface area contributed by atoms with Crippen LogP contribution in [0.4, 0.5) is 9.18 Å². The number of halogens is 1. The summed E-state index contributed by atoms with van der Waals surface area (Å²) in [5, 5.41) is 0. The Labute approximate surface area is 195 Å². The number of hydrogen-bond acceptors (Lipinski definition) is 3. The standard InChI is InChI=1S/C28H31FN2O2/c1-33-28(32)31(20-22-7-3-2-4-8-22)21-25-9-5-6-10-27(25)24-15-17-30(18-16-24)19-23-11-13-26(29)14-12-23/h2-14,24H,15-21H2,1H3. The molecule has 1 saturated heterocycles. The van der Waals surface area contributed by atoms with E-state index in [1.807, 2.05) is 48.5 Å². The van der Waals surface area contributed by atoms with Crippen LogP contribution in [0.25, 0.3) is 0 Å². The van der Waals surface area contributed by atoms with Crippen molar-refractivity contribution in [2.45, 2.75) is 38.4 Å². The minimum Gasteiger partial charge on any atom is -0.453 e. The average Bonchev–Trinajstić information content (AvgIpc) is 2.86. The number of nitrogens with zero attached hydrogens (tertiary/aromatic N) is 2. The smallest absolute Gasteiger partial charge is 0.410 e. The summed E-state index contributed by atoms with van der Waals surface area (Å²) >= 11 is 0. The fraction of sp³-hybridized carbons (Fsp3) is 0.321. The number of carbonyl (C=O) groups excluding carboxylic acids is 1. The number of carbonyl (C=O) groups is 1. The molecule has 1 aliphatic rings. The lowest BCUT2D eigenvalue weighted by Crippen LogP contribution is -2.33. The van der Waals surface area contributed by atoms with Gasteiger partial charge in [0, 0.05) is 19.6 Å². The molecule has 3 aromatic carbocycles. The summed E-state index contributed by atoms with van der Waals surface area (Å²) in [5.74, 6) is 0.268. The highest BCUT2D eigenvalue weighted by molar-refractivity contribution is 5.67. The molecule has 1 heterocycles. The average molecular weight is 447 g/mol. The summed E-state index contributed by atoms with van der Waals surface area (Å²) in [5.41, 5.74) is 4.72. The van der Waals surface area contributed by atoms with Gasteiger partial charge in [-0.25, -0.2) is 9.18 Å². The summed E-state index contributed by atoms with van der Waals surface area (Å²) < 4.78 is 18.3. The Bertz CT molecular complexity index is 1030. The monoisotopic (exact) mass is 446 g/mol. The Hall–Kier alpha value is -3.18. The molecule has 1 amide bonds. The van der Waals surface area contributed by atoms with Crippen molar-refractivity contribution in [2.75, 3.05) is 20.2 Å². The van der Waals surface area contributed by atoms with Crippen molar-refractivity contribution in [3.8, 4) is 0 Å². The van der Waals surface area contributed by atoms with Crippen LogP contribution in [0, 0.1) is 5.82 Å². The molecule has 0 unspecified atom stereocenters. The minimum atomic E-state index is -0.317. The SMILES string of the molecule is COC(=O)N(Cc1ccccc1)Cc1ccccc1C1CCN(Cc2ccc(F)cc2)CC1. The lowest BCUT2D eigenvalue weighted by molar-refractivity contribution is 0.117. The molecular formula is C28H31FN2O2. The second-order valence-corrected chi connectivity index (χ2v) is 8.69. The first-order valence-electron chi connectivity index (χ1n) is 11.5. The van der Waals surface area contributed by atoms with E-state index >= 15 is 0 Å². The number of benzene rings is 3. The molecule has 0 aromatic heterocycles. The van der Waals surface area contributed by atoms with Gasteiger partial charge in [-0.3, -0.25) is 9.80 Å². The lowest BCUT2D eigenvalue weighted by atomic mass is 9.86. The molecule has 5 heteroatoms. The van der Waals surface area contributed by atoms with Crippen molar-refractivity contribution in [3.05, 3.63) is 107 Å². The zero-order valence-corrected chi connectivity index (χ0v) is 19.1. The third kappa shape index (κ3) is 6.20. The molecule has 0 atom stereocenters. The Balaban J connectivity index is 1.42. The molecule has 33 heavy (non-hydrogen) atoms. The number of rotatable bonds is 7. The summed E-state index contributed by atoms with van der Waals surface area (Å²) in [4.78, 5) is 16.7. The zero-order chi connectivity index (χ0) is 23.0. The molecule has 0 N–H and O–H groups in total. The van der Waals surface area contributed by atoms with E-state index in [-0.39, 0.29) is 11.9 Å². The van der Waals surface area contributed by atoms with Gasteiger partial charge in [0.25, 0.3) is 0 Å². The van der Waals surface area contributed by atoms with Crippen molar-refractivity contribution < 1.29 is 13.9 Å². The second kappa shape index (κ2) is 11.1. The molecular weight excluding hydrogens is 415 g/mol. The highest BCUT2D eigenvalue weighted by Crippen LogP contribution is 2.32. The Kier molecular flexibility index (Phi) is 7.74. The number of methoxy groups -OCH3 is 1. The van der Waals surface area contributed by atoms with Crippen molar-refractivity contribution >= 4 is 6.09 Å². The van der Waals surface area contributed by atoms with Gasteiger partial charge >= 0.3 is 6.09 Å². The van der Waals surface area contributed by atoms with Crippen molar-refractivity contribution in [3.63, 3.8) is 0 Å². The number of piperidine rings is 1. The second-order valence-electron chi connectivity index (χ2n) is 8.69. The van der Waals surface area contributed by atoms with Gasteiger partial charge in [0.05, 0.1) is 7.11 Å². The van der Waals surface area contributed by atoms with Crippen molar-refractivity contribution in [2.24, 2.45) is 0 Å². The Morgan fingerprint density at radius 1 is 0.909 bits per heavy atom. The van der Waals surface area contributed by atoms with Gasteiger partial charge in [0.15, 0.2) is 0 Å². The third-order valence-electron chi connectivity index (χ3n) is 6.41. The maximum Gasteiger partial charge on any atom is 0.410 e. The van der Waals surface area contributed by atoms with Crippen LogP contribution >= 0.6 is 0 Å². The fourth-order valence-corrected chi connectivity index (χ4v) is 4.65. The van der Waals surface area contributed by atoms with E-state index < -0.39 is 0 Å². The van der Waals surface area contributed by atoms with Gasteiger partial charge in [0.1, 0.15) is 5.82 Å². The van der Waals surface area contributed by atoms with E-state index in [1.54, 1.807) is 4.90 Å². The van der Waals surface area contributed by atoms with Crippen molar-refractivity contribution in [1.82, 2.24) is 9.80 Å². The summed E-state index contributed by atoms with van der Waals surface area (Å²) in [6.07, 6.45) is 1.81. The largest absolute Gasteiger partial charge is 0.453 e. The van der Waals surface area contributed by atoms with E-state index in [1.165, 1.54) is 30.4 Å². The maximum atomic E-state index is 13.2. The minimum absolute atomic E-state index is 0.192. The molecule has 0 aliphatic carbocycles. The first-order chi connectivity index (χ1) is 16.1. The molecule has 4 nitrogen and oxygen atoms in total. The summed E-state index contributed by atoms with van der Waals surface area (Å²) in [6.45, 7) is 3.88. The normalized spacial score (nSPS) is 14.7. The predicted molar refractivity (Wildman–Crippen MR) is 128 cm³/mol. The van der Waals surface area contributed by atoms with Crippen LogP contribution in [0.3, 0.4) is 0 Å². The number of likely N-dealkylation sites (tertiary alicyclic amines) is 1. The number of hydrogen-bond donors (Lipinski definition) is 0. The molecule has 1 aliphatic heterocycles. The summed E-state index contributed by atoms with van der Waals surface area (Å²) in [6, 6.07) is 25.2. The van der Waals surface area contributed by atoms with Crippen LogP contribution in [0.2, 0.25) is 0 Å². The highest BCUT2D eigenvalue weighted by Gasteiger charge is 2.24. The molecule has 0 bridgehead atoms. The first-order valence-corrected chi connectivity index (χ1v) is 11.5. The molecule has 0 radical (unpaired) electrons. The van der Waals surface area contributed by atoms with Crippen LogP contribution in [0.1, 0.15) is 41.0 Å². The summed E-state index contributed by atoms with van der Waals surface area (Å²) in [7, 11) is 1.43. The number of amides is 1. The van der Waals surface area contributed by atoms with Crippen LogP contribution in [-0.2, 0) is 24.4 Å².